The van der Waals surface area contributed by atoms with E-state index < -0.39 is 11.9 Å². The highest BCUT2D eigenvalue weighted by Crippen LogP contribution is 2.05. The molecule has 0 fully saturated rings. The Kier molecular flexibility index (Phi) is 5.88. The number of aromatic carboxylic acids is 1. The van der Waals surface area contributed by atoms with Gasteiger partial charge in [0.25, 0.3) is 0 Å². The van der Waals surface area contributed by atoms with Gasteiger partial charge in [-0.2, -0.15) is 0 Å². The van der Waals surface area contributed by atoms with Crippen LogP contribution in [-0.4, -0.2) is 23.7 Å². The van der Waals surface area contributed by atoms with Gasteiger partial charge in [0.1, 0.15) is 6.61 Å². The van der Waals surface area contributed by atoms with Gasteiger partial charge in [-0.25, -0.2) is 9.59 Å². The second kappa shape index (κ2) is 6.63. The lowest BCUT2D eigenvalue weighted by Gasteiger charge is -2.01. The van der Waals surface area contributed by atoms with Crippen LogP contribution >= 0.6 is 12.4 Å². The van der Waals surface area contributed by atoms with Gasteiger partial charge in [-0.15, -0.1) is 12.4 Å². The highest BCUT2D eigenvalue weighted by atomic mass is 35.5. The van der Waals surface area contributed by atoms with Gasteiger partial charge in [0.15, 0.2) is 0 Å². The maximum Gasteiger partial charge on any atom is 0.338 e. The SMILES string of the molecule is C=CCOC(=O)c1ccc(C(=O)O)cc1.Cl. The average molecular weight is 243 g/mol. The average Bonchev–Trinajstić information content (AvgIpc) is 2.26. The van der Waals surface area contributed by atoms with Crippen molar-refractivity contribution < 1.29 is 19.4 Å². The first-order chi connectivity index (χ1) is 7.15. The summed E-state index contributed by atoms with van der Waals surface area (Å²) in [5, 5.41) is 8.63. The highest BCUT2D eigenvalue weighted by Gasteiger charge is 2.07. The van der Waals surface area contributed by atoms with Crippen LogP contribution < -0.4 is 0 Å². The number of ether oxygens (including phenoxy) is 1. The predicted molar refractivity (Wildman–Crippen MR) is 61.1 cm³/mol. The third-order valence-electron chi connectivity index (χ3n) is 1.70. The van der Waals surface area contributed by atoms with E-state index >= 15 is 0 Å². The number of hydrogen-bond acceptors (Lipinski definition) is 3. The van der Waals surface area contributed by atoms with Crippen molar-refractivity contribution in [3.63, 3.8) is 0 Å². The van der Waals surface area contributed by atoms with Gasteiger partial charge in [0, 0.05) is 0 Å². The minimum atomic E-state index is -1.03. The van der Waals surface area contributed by atoms with Gasteiger partial charge in [-0.1, -0.05) is 12.7 Å². The number of carbonyl (C=O) groups is 2. The van der Waals surface area contributed by atoms with Crippen LogP contribution in [0.5, 0.6) is 0 Å². The molecule has 1 N–H and O–H groups in total. The summed E-state index contributed by atoms with van der Waals surface area (Å²) < 4.78 is 4.77. The number of rotatable bonds is 4. The number of esters is 1. The van der Waals surface area contributed by atoms with Crippen molar-refractivity contribution in [1.29, 1.82) is 0 Å². The van der Waals surface area contributed by atoms with E-state index in [0.29, 0.717) is 5.56 Å². The summed E-state index contributed by atoms with van der Waals surface area (Å²) in [7, 11) is 0. The minimum absolute atomic E-state index is 0. The zero-order chi connectivity index (χ0) is 11.3. The summed E-state index contributed by atoms with van der Waals surface area (Å²) in [6.45, 7) is 3.55. The zero-order valence-electron chi connectivity index (χ0n) is 8.38. The molecule has 0 radical (unpaired) electrons. The minimum Gasteiger partial charge on any atom is -0.478 e. The molecule has 0 aliphatic heterocycles. The van der Waals surface area contributed by atoms with Crippen LogP contribution in [0.1, 0.15) is 20.7 Å². The Morgan fingerprint density at radius 2 is 1.75 bits per heavy atom. The lowest BCUT2D eigenvalue weighted by atomic mass is 10.1. The fourth-order valence-electron chi connectivity index (χ4n) is 0.967. The van der Waals surface area contributed by atoms with Crippen molar-refractivity contribution in [3.8, 4) is 0 Å². The normalized spacial score (nSPS) is 8.75. The van der Waals surface area contributed by atoms with Gasteiger partial charge < -0.3 is 9.84 Å². The van der Waals surface area contributed by atoms with E-state index in [4.69, 9.17) is 9.84 Å². The number of halogens is 1. The monoisotopic (exact) mass is 242 g/mol. The Bertz CT molecular complexity index is 383. The van der Waals surface area contributed by atoms with Gasteiger partial charge in [0.05, 0.1) is 11.1 Å². The third-order valence-corrected chi connectivity index (χ3v) is 1.70. The molecule has 0 amide bonds. The maximum atomic E-state index is 11.3. The Labute approximate surface area is 99.0 Å². The third kappa shape index (κ3) is 3.74. The first kappa shape index (κ1) is 14.2. The summed E-state index contributed by atoms with van der Waals surface area (Å²) in [5.41, 5.74) is 0.456. The summed E-state index contributed by atoms with van der Waals surface area (Å²) >= 11 is 0. The summed E-state index contributed by atoms with van der Waals surface area (Å²) in [4.78, 5) is 21.8. The van der Waals surface area contributed by atoms with Gasteiger partial charge >= 0.3 is 11.9 Å². The molecule has 0 bridgehead atoms. The van der Waals surface area contributed by atoms with Crippen LogP contribution in [0, 0.1) is 0 Å². The van der Waals surface area contributed by atoms with E-state index in [-0.39, 0.29) is 24.6 Å². The molecule has 0 saturated carbocycles. The number of carbonyl (C=O) groups excluding carboxylic acids is 1. The van der Waals surface area contributed by atoms with E-state index in [1.54, 1.807) is 0 Å². The van der Waals surface area contributed by atoms with Crippen molar-refractivity contribution in [2.75, 3.05) is 6.61 Å². The maximum absolute atomic E-state index is 11.3. The molecule has 0 saturated heterocycles. The van der Waals surface area contributed by atoms with E-state index in [1.807, 2.05) is 0 Å². The zero-order valence-corrected chi connectivity index (χ0v) is 9.20. The number of carboxylic acid groups (broad SMARTS) is 1. The fraction of sp³-hybridized carbons (Fsp3) is 0.0909. The van der Waals surface area contributed by atoms with E-state index in [0.717, 1.165) is 0 Å². The standard InChI is InChI=1S/C11H10O4.ClH/c1-2-7-15-11(14)9-5-3-8(4-6-9)10(12)13;/h2-6H,1,7H2,(H,12,13);1H. The quantitative estimate of drug-likeness (QED) is 0.649. The summed E-state index contributed by atoms with van der Waals surface area (Å²) in [6.07, 6.45) is 1.46. The molecule has 1 aromatic rings. The van der Waals surface area contributed by atoms with Crippen molar-refractivity contribution in [2.45, 2.75) is 0 Å². The Morgan fingerprint density at radius 1 is 1.25 bits per heavy atom. The second-order valence-corrected chi connectivity index (χ2v) is 2.77. The molecule has 0 aromatic heterocycles. The number of benzene rings is 1. The summed E-state index contributed by atoms with van der Waals surface area (Å²) in [5.74, 6) is -1.52. The number of carboxylic acids is 1. The largest absolute Gasteiger partial charge is 0.478 e. The Morgan fingerprint density at radius 3 is 2.19 bits per heavy atom. The van der Waals surface area contributed by atoms with Crippen molar-refractivity contribution in [2.24, 2.45) is 0 Å². The van der Waals surface area contributed by atoms with E-state index in [1.165, 1.54) is 30.3 Å². The molecule has 0 aliphatic carbocycles. The Hall–Kier alpha value is -1.81. The molecule has 0 heterocycles. The predicted octanol–water partition coefficient (Wildman–Crippen LogP) is 2.15. The van der Waals surface area contributed by atoms with E-state index in [2.05, 4.69) is 6.58 Å². The van der Waals surface area contributed by atoms with Crippen molar-refractivity contribution >= 4 is 24.3 Å². The molecule has 16 heavy (non-hydrogen) atoms. The molecule has 86 valence electrons. The smallest absolute Gasteiger partial charge is 0.338 e. The van der Waals surface area contributed by atoms with Crippen LogP contribution in [0.3, 0.4) is 0 Å². The molecule has 0 aliphatic rings. The second-order valence-electron chi connectivity index (χ2n) is 2.77. The molecule has 1 rings (SSSR count). The van der Waals surface area contributed by atoms with Crippen molar-refractivity contribution in [1.82, 2.24) is 0 Å². The number of hydrogen-bond donors (Lipinski definition) is 1. The molecule has 5 heteroatoms. The molecule has 0 atom stereocenters. The fourth-order valence-corrected chi connectivity index (χ4v) is 0.967. The lowest BCUT2D eigenvalue weighted by Crippen LogP contribution is -2.05. The van der Waals surface area contributed by atoms with Crippen LogP contribution in [0.15, 0.2) is 36.9 Å². The first-order valence-corrected chi connectivity index (χ1v) is 4.26. The molecule has 0 spiro atoms. The molecular formula is C11H11ClO4. The lowest BCUT2D eigenvalue weighted by molar-refractivity contribution is 0.0548. The Balaban J connectivity index is 0.00000225. The molecule has 1 aromatic carbocycles. The van der Waals surface area contributed by atoms with Gasteiger partial charge in [-0.3, -0.25) is 0 Å². The molecular weight excluding hydrogens is 232 g/mol. The topological polar surface area (TPSA) is 63.6 Å². The van der Waals surface area contributed by atoms with Crippen molar-refractivity contribution in [3.05, 3.63) is 48.0 Å². The first-order valence-electron chi connectivity index (χ1n) is 4.26. The summed E-state index contributed by atoms with van der Waals surface area (Å²) in [6, 6.07) is 5.53. The molecule has 4 nitrogen and oxygen atoms in total. The van der Waals surface area contributed by atoms with Crippen LogP contribution in [0.25, 0.3) is 0 Å². The molecule has 0 unspecified atom stereocenters. The van der Waals surface area contributed by atoms with Crippen LogP contribution in [0.2, 0.25) is 0 Å². The van der Waals surface area contributed by atoms with Crippen LogP contribution in [0.4, 0.5) is 0 Å². The van der Waals surface area contributed by atoms with Crippen LogP contribution in [-0.2, 0) is 4.74 Å². The van der Waals surface area contributed by atoms with E-state index in [9.17, 15) is 9.59 Å². The van der Waals surface area contributed by atoms with Gasteiger partial charge in [0.2, 0.25) is 0 Å². The van der Waals surface area contributed by atoms with Gasteiger partial charge in [-0.05, 0) is 24.3 Å². The highest BCUT2D eigenvalue weighted by molar-refractivity contribution is 5.92.